The molecule has 1 aliphatic carbocycles. The number of nitriles is 1. The monoisotopic (exact) mass is 378 g/mol. The molecule has 1 saturated carbocycles. The largest absolute Gasteiger partial charge is 0.438 e. The number of nitrogens with zero attached hydrogens (tertiary/aromatic N) is 5. The van der Waals surface area contributed by atoms with Crippen molar-refractivity contribution in [1.82, 2.24) is 19.7 Å². The topological polar surface area (TPSA) is 103 Å². The molecule has 3 aromatic rings. The van der Waals surface area contributed by atoms with Gasteiger partial charge in [0.25, 0.3) is 0 Å². The fraction of sp³-hybridized carbons (Fsp3) is 0.300. The van der Waals surface area contributed by atoms with Gasteiger partial charge in [0.05, 0.1) is 22.9 Å². The molecule has 1 aliphatic rings. The molecule has 1 fully saturated rings. The molecular formula is C20H19FN6O. The number of benzene rings is 1. The van der Waals surface area contributed by atoms with Crippen LogP contribution in [0, 0.1) is 11.3 Å². The maximum absolute atomic E-state index is 13.7. The molecule has 1 aromatic carbocycles. The fourth-order valence-electron chi connectivity index (χ4n) is 2.89. The minimum atomic E-state index is -1.30. The van der Waals surface area contributed by atoms with Crippen molar-refractivity contribution in [2.75, 3.05) is 6.54 Å². The Kier molecular flexibility index (Phi) is 4.75. The van der Waals surface area contributed by atoms with Gasteiger partial charge < -0.3 is 10.5 Å². The van der Waals surface area contributed by atoms with E-state index in [9.17, 15) is 9.65 Å². The van der Waals surface area contributed by atoms with Crippen molar-refractivity contribution < 1.29 is 9.13 Å². The van der Waals surface area contributed by atoms with Crippen LogP contribution in [0.3, 0.4) is 0 Å². The van der Waals surface area contributed by atoms with E-state index in [1.54, 1.807) is 22.9 Å². The van der Waals surface area contributed by atoms with Gasteiger partial charge in [-0.1, -0.05) is 0 Å². The third-order valence-corrected chi connectivity index (χ3v) is 4.66. The minimum absolute atomic E-state index is 0.127. The van der Waals surface area contributed by atoms with Crippen LogP contribution in [-0.4, -0.2) is 26.3 Å². The van der Waals surface area contributed by atoms with Gasteiger partial charge in [-0.15, -0.1) is 0 Å². The van der Waals surface area contributed by atoms with Gasteiger partial charge >= 0.3 is 0 Å². The highest BCUT2D eigenvalue weighted by Gasteiger charge is 2.27. The lowest BCUT2D eigenvalue weighted by Gasteiger charge is -2.11. The van der Waals surface area contributed by atoms with Gasteiger partial charge in [-0.2, -0.15) is 10.4 Å². The molecule has 0 spiro atoms. The molecule has 7 nitrogen and oxygen atoms in total. The summed E-state index contributed by atoms with van der Waals surface area (Å²) >= 11 is 0. The van der Waals surface area contributed by atoms with Gasteiger partial charge in [-0.25, -0.2) is 19.0 Å². The molecule has 2 heterocycles. The molecule has 28 heavy (non-hydrogen) atoms. The van der Waals surface area contributed by atoms with Crippen LogP contribution in [0.15, 0.2) is 36.7 Å². The molecule has 142 valence electrons. The van der Waals surface area contributed by atoms with E-state index in [0.717, 1.165) is 18.5 Å². The SMILES string of the molecule is Cn1nc(C2CC2)cc1Oc1cc(C#N)ccc1-c1ncc([C@H](F)CN)cn1. The van der Waals surface area contributed by atoms with Crippen LogP contribution in [0.25, 0.3) is 11.4 Å². The number of aryl methyl sites for hydroxylation is 1. The third-order valence-electron chi connectivity index (χ3n) is 4.66. The number of alkyl halides is 1. The molecular weight excluding hydrogens is 359 g/mol. The first-order valence-corrected chi connectivity index (χ1v) is 9.01. The van der Waals surface area contributed by atoms with Gasteiger partial charge in [0.1, 0.15) is 11.9 Å². The summed E-state index contributed by atoms with van der Waals surface area (Å²) in [5.74, 6) is 1.88. The number of hydrogen-bond acceptors (Lipinski definition) is 6. The molecule has 0 bridgehead atoms. The van der Waals surface area contributed by atoms with Crippen LogP contribution >= 0.6 is 0 Å². The number of hydrogen-bond donors (Lipinski definition) is 1. The molecule has 0 unspecified atom stereocenters. The molecule has 2 N–H and O–H groups in total. The Morgan fingerprint density at radius 2 is 2.07 bits per heavy atom. The first kappa shape index (κ1) is 18.1. The minimum Gasteiger partial charge on any atom is -0.438 e. The summed E-state index contributed by atoms with van der Waals surface area (Å²) < 4.78 is 21.5. The lowest BCUT2D eigenvalue weighted by molar-refractivity contribution is 0.351. The van der Waals surface area contributed by atoms with E-state index in [0.29, 0.717) is 40.1 Å². The van der Waals surface area contributed by atoms with E-state index in [4.69, 9.17) is 10.5 Å². The Hall–Kier alpha value is -3.31. The van der Waals surface area contributed by atoms with Crippen molar-refractivity contribution >= 4 is 0 Å². The smallest absolute Gasteiger partial charge is 0.217 e. The van der Waals surface area contributed by atoms with Crippen LogP contribution in [0.1, 0.15) is 41.8 Å². The average Bonchev–Trinajstić information content (AvgIpc) is 3.51. The van der Waals surface area contributed by atoms with Gasteiger partial charge in [-0.05, 0) is 31.0 Å². The van der Waals surface area contributed by atoms with Crippen LogP contribution < -0.4 is 10.5 Å². The molecule has 0 radical (unpaired) electrons. The van der Waals surface area contributed by atoms with Crippen LogP contribution in [0.4, 0.5) is 4.39 Å². The zero-order valence-electron chi connectivity index (χ0n) is 15.3. The van der Waals surface area contributed by atoms with Gasteiger partial charge in [0, 0.05) is 43.5 Å². The first-order chi connectivity index (χ1) is 13.6. The predicted octanol–water partition coefficient (Wildman–Crippen LogP) is 3.39. The second-order valence-corrected chi connectivity index (χ2v) is 6.77. The Balaban J connectivity index is 1.69. The second kappa shape index (κ2) is 7.37. The van der Waals surface area contributed by atoms with Crippen LogP contribution in [0.5, 0.6) is 11.6 Å². The maximum atomic E-state index is 13.7. The van der Waals surface area contributed by atoms with E-state index in [2.05, 4.69) is 21.1 Å². The third kappa shape index (κ3) is 3.57. The number of rotatable bonds is 6. The molecule has 0 saturated heterocycles. The Bertz CT molecular complexity index is 1040. The standard InChI is InChI=1S/C20H19FN6O/c1-27-19(7-17(26-27)13-3-4-13)28-18-6-12(8-22)2-5-15(18)20-24-10-14(11-25-20)16(21)9-23/h2,5-7,10-11,13,16H,3-4,9,23H2,1H3/t16-/m1/s1. The normalized spacial score (nSPS) is 14.5. The molecule has 0 amide bonds. The van der Waals surface area contributed by atoms with Gasteiger partial charge in [-0.3, -0.25) is 0 Å². The van der Waals surface area contributed by atoms with Crippen molar-refractivity contribution in [2.45, 2.75) is 24.9 Å². The van der Waals surface area contributed by atoms with Gasteiger partial charge in [0.15, 0.2) is 5.82 Å². The lowest BCUT2D eigenvalue weighted by Crippen LogP contribution is -2.08. The highest BCUT2D eigenvalue weighted by molar-refractivity contribution is 5.66. The summed E-state index contributed by atoms with van der Waals surface area (Å²) in [4.78, 5) is 8.50. The summed E-state index contributed by atoms with van der Waals surface area (Å²) in [6.07, 6.45) is 3.81. The number of ether oxygens (including phenoxy) is 1. The molecule has 8 heteroatoms. The summed E-state index contributed by atoms with van der Waals surface area (Å²) in [6.45, 7) is -0.127. The molecule has 2 aromatic heterocycles. The summed E-state index contributed by atoms with van der Waals surface area (Å²) in [6, 6.07) is 9.04. The zero-order chi connectivity index (χ0) is 19.7. The Labute approximate surface area is 161 Å². The maximum Gasteiger partial charge on any atom is 0.217 e. The van der Waals surface area contributed by atoms with E-state index >= 15 is 0 Å². The van der Waals surface area contributed by atoms with Crippen molar-refractivity contribution in [2.24, 2.45) is 12.8 Å². The lowest BCUT2D eigenvalue weighted by atomic mass is 10.1. The van der Waals surface area contributed by atoms with Crippen LogP contribution in [-0.2, 0) is 7.05 Å². The summed E-state index contributed by atoms with van der Waals surface area (Å²) in [7, 11) is 1.81. The Morgan fingerprint density at radius 3 is 2.71 bits per heavy atom. The van der Waals surface area contributed by atoms with Crippen molar-refractivity contribution in [3.63, 3.8) is 0 Å². The number of halogens is 1. The Morgan fingerprint density at radius 1 is 1.32 bits per heavy atom. The fourth-order valence-corrected chi connectivity index (χ4v) is 2.89. The first-order valence-electron chi connectivity index (χ1n) is 9.01. The molecule has 4 rings (SSSR count). The number of nitrogens with two attached hydrogens (primary N) is 1. The van der Waals surface area contributed by atoms with E-state index in [1.807, 2.05) is 13.1 Å². The summed E-state index contributed by atoms with van der Waals surface area (Å²) in [5.41, 5.74) is 7.73. The van der Waals surface area contributed by atoms with Gasteiger partial charge in [0.2, 0.25) is 5.88 Å². The van der Waals surface area contributed by atoms with Crippen molar-refractivity contribution in [3.05, 3.63) is 53.5 Å². The quantitative estimate of drug-likeness (QED) is 0.705. The summed E-state index contributed by atoms with van der Waals surface area (Å²) in [5, 5.41) is 13.7. The van der Waals surface area contributed by atoms with Crippen molar-refractivity contribution in [1.29, 1.82) is 5.26 Å². The number of aromatic nitrogens is 4. The predicted molar refractivity (Wildman–Crippen MR) is 100 cm³/mol. The highest BCUT2D eigenvalue weighted by atomic mass is 19.1. The molecule has 1 atom stereocenters. The van der Waals surface area contributed by atoms with Crippen molar-refractivity contribution in [3.8, 4) is 29.1 Å². The second-order valence-electron chi connectivity index (χ2n) is 6.77. The van der Waals surface area contributed by atoms with E-state index in [-0.39, 0.29) is 6.54 Å². The molecule has 0 aliphatic heterocycles. The van der Waals surface area contributed by atoms with Crippen LogP contribution in [0.2, 0.25) is 0 Å². The zero-order valence-corrected chi connectivity index (χ0v) is 15.3. The highest BCUT2D eigenvalue weighted by Crippen LogP contribution is 2.41. The average molecular weight is 378 g/mol. The van der Waals surface area contributed by atoms with E-state index in [1.165, 1.54) is 12.4 Å². The van der Waals surface area contributed by atoms with E-state index < -0.39 is 6.17 Å².